The van der Waals surface area contributed by atoms with E-state index in [9.17, 15) is 9.18 Å². The van der Waals surface area contributed by atoms with E-state index in [1.165, 1.54) is 28.9 Å². The number of halogens is 3. The molecule has 3 fully saturated rings. The smallest absolute Gasteiger partial charge is 0.245 e. The SMILES string of the molecule is CO[C@H]1CN(C)C(=O)[C@@H]2C[C@@H](CN2c2nc(N3CCN(C)C4(CC4)C3)nc3c2cnn3-c2ccc(F)cc2F)Nc2cccc(n2)-c2cc(F)cc3nc(C)n(c23)C1. The van der Waals surface area contributed by atoms with Crippen LogP contribution in [0.5, 0.6) is 0 Å². The van der Waals surface area contributed by atoms with Crippen LogP contribution in [0.2, 0.25) is 0 Å². The summed E-state index contributed by atoms with van der Waals surface area (Å²) in [6.07, 6.45) is 3.68. The van der Waals surface area contributed by atoms with Gasteiger partial charge in [0.05, 0.1) is 41.0 Å². The van der Waals surface area contributed by atoms with Crippen molar-refractivity contribution in [2.75, 3.05) is 69.0 Å². The van der Waals surface area contributed by atoms with Crippen molar-refractivity contribution in [2.45, 2.75) is 56.5 Å². The molecule has 4 aromatic heterocycles. The zero-order chi connectivity index (χ0) is 40.0. The molecule has 14 nitrogen and oxygen atoms in total. The monoisotopic (exact) mass is 792 g/mol. The molecule has 300 valence electrons. The number of hydrogen-bond donors (Lipinski definition) is 1. The summed E-state index contributed by atoms with van der Waals surface area (Å²) in [5.41, 5.74) is 2.84. The number of carbonyl (C=O) groups excluding carboxylic acids is 1. The molecule has 17 heteroatoms. The fourth-order valence-electron chi connectivity index (χ4n) is 9.10. The number of nitrogens with zero attached hydrogens (tertiary/aromatic N) is 11. The molecule has 2 saturated heterocycles. The Morgan fingerprint density at radius 3 is 2.57 bits per heavy atom. The molecule has 1 saturated carbocycles. The normalized spacial score (nSPS) is 22.2. The third kappa shape index (κ3) is 6.09. The molecule has 2 aromatic carbocycles. The van der Waals surface area contributed by atoms with Crippen molar-refractivity contribution in [1.82, 2.24) is 44.1 Å². The standard InChI is InChI=1S/C41H43F3N12O2/c1-23-46-32-16-25(43)14-28-31-6-5-7-35(48-31)47-26-17-34(39(57)51(2)20-27(58-4)21-54(23)36(28)32)55(19-26)37-29-18-45-56(33-9-8-24(42)15-30(33)44)38(29)50-40(49-37)53-13-12-52(3)41(22-53)10-11-41/h5-9,14-16,18,26-27,34H,10-13,17,19-22H2,1-4H3,(H,47,48)/t26-,27-,34-/m0/s1. The number of anilines is 3. The molecular weight excluding hydrogens is 750 g/mol. The second-order valence-corrected chi connectivity index (χ2v) is 16.1. The van der Waals surface area contributed by atoms with Crippen molar-refractivity contribution in [2.24, 2.45) is 0 Å². The first kappa shape index (κ1) is 36.5. The lowest BCUT2D eigenvalue weighted by molar-refractivity contribution is -0.132. The number of likely N-dealkylation sites (N-methyl/N-ethyl adjacent to an activating group) is 2. The van der Waals surface area contributed by atoms with Gasteiger partial charge < -0.3 is 29.3 Å². The number of hydrogen-bond acceptors (Lipinski definition) is 11. The van der Waals surface area contributed by atoms with E-state index in [0.717, 1.165) is 37.5 Å². The van der Waals surface area contributed by atoms with Gasteiger partial charge in [0.15, 0.2) is 11.5 Å². The molecule has 0 unspecified atom stereocenters. The molecule has 1 aliphatic carbocycles. The Balaban J connectivity index is 1.10. The van der Waals surface area contributed by atoms with E-state index in [0.29, 0.717) is 77.3 Å². The first-order chi connectivity index (χ1) is 28.0. The lowest BCUT2D eigenvalue weighted by Crippen LogP contribution is -2.53. The van der Waals surface area contributed by atoms with Gasteiger partial charge in [0.2, 0.25) is 11.9 Å². The summed E-state index contributed by atoms with van der Waals surface area (Å²) in [5.74, 6) is 0.141. The lowest BCUT2D eigenvalue weighted by atomic mass is 10.1. The highest BCUT2D eigenvalue weighted by Gasteiger charge is 2.50. The third-order valence-electron chi connectivity index (χ3n) is 12.5. The van der Waals surface area contributed by atoms with E-state index in [1.54, 1.807) is 25.3 Å². The molecule has 1 amide bonds. The quantitative estimate of drug-likeness (QED) is 0.265. The summed E-state index contributed by atoms with van der Waals surface area (Å²) < 4.78 is 54.0. The number of rotatable bonds is 4. The van der Waals surface area contributed by atoms with Gasteiger partial charge in [0.1, 0.15) is 40.8 Å². The Morgan fingerprint density at radius 1 is 0.931 bits per heavy atom. The van der Waals surface area contributed by atoms with E-state index in [4.69, 9.17) is 24.7 Å². The van der Waals surface area contributed by atoms with Gasteiger partial charge in [-0.1, -0.05) is 6.07 Å². The first-order valence-electron chi connectivity index (χ1n) is 19.6. The number of aryl methyl sites for hydroxylation is 1. The van der Waals surface area contributed by atoms with Crippen LogP contribution in [0.3, 0.4) is 0 Å². The maximum Gasteiger partial charge on any atom is 0.245 e. The molecule has 10 rings (SSSR count). The highest BCUT2D eigenvalue weighted by Crippen LogP contribution is 2.44. The molecule has 4 bridgehead atoms. The van der Waals surface area contributed by atoms with Gasteiger partial charge in [0.25, 0.3) is 0 Å². The van der Waals surface area contributed by atoms with Crippen LogP contribution in [0.15, 0.2) is 54.7 Å². The van der Waals surface area contributed by atoms with Crippen molar-refractivity contribution in [3.8, 4) is 16.9 Å². The highest BCUT2D eigenvalue weighted by atomic mass is 19.1. The zero-order valence-corrected chi connectivity index (χ0v) is 32.7. The number of piperazine rings is 1. The topological polar surface area (TPSA) is 126 Å². The van der Waals surface area contributed by atoms with Crippen molar-refractivity contribution in [3.63, 3.8) is 0 Å². The summed E-state index contributed by atoms with van der Waals surface area (Å²) in [5, 5.41) is 8.67. The van der Waals surface area contributed by atoms with Crippen LogP contribution in [-0.4, -0.2) is 128 Å². The summed E-state index contributed by atoms with van der Waals surface area (Å²) in [7, 11) is 5.53. The average Bonchev–Trinajstić information content (AvgIpc) is 3.49. The minimum atomic E-state index is -0.782. The molecule has 1 spiro atoms. The van der Waals surface area contributed by atoms with Gasteiger partial charge in [-0.2, -0.15) is 15.1 Å². The minimum absolute atomic E-state index is 0.0409. The molecule has 1 N–H and O–H groups in total. The predicted octanol–water partition coefficient (Wildman–Crippen LogP) is 4.78. The van der Waals surface area contributed by atoms with Gasteiger partial charge in [-0.15, -0.1) is 0 Å². The summed E-state index contributed by atoms with van der Waals surface area (Å²) in [4.78, 5) is 43.0. The summed E-state index contributed by atoms with van der Waals surface area (Å²) in [6, 6.07) is 10.9. The Kier molecular flexibility index (Phi) is 8.60. The van der Waals surface area contributed by atoms with Crippen LogP contribution in [-0.2, 0) is 16.1 Å². The summed E-state index contributed by atoms with van der Waals surface area (Å²) in [6.45, 7) is 5.05. The Bertz CT molecular complexity index is 2610. The Hall–Kier alpha value is -5.81. The second-order valence-electron chi connectivity index (χ2n) is 16.1. The van der Waals surface area contributed by atoms with Crippen molar-refractivity contribution in [3.05, 3.63) is 78.0 Å². The number of aromatic nitrogens is 7. The Labute approximate surface area is 332 Å². The molecule has 6 aromatic rings. The summed E-state index contributed by atoms with van der Waals surface area (Å²) >= 11 is 0. The molecule has 58 heavy (non-hydrogen) atoms. The van der Waals surface area contributed by atoms with Crippen molar-refractivity contribution < 1.29 is 22.7 Å². The van der Waals surface area contributed by atoms with Crippen molar-refractivity contribution in [1.29, 1.82) is 0 Å². The van der Waals surface area contributed by atoms with E-state index >= 15 is 8.78 Å². The maximum absolute atomic E-state index is 15.4. The highest BCUT2D eigenvalue weighted by molar-refractivity contribution is 5.94. The number of pyridine rings is 1. The van der Waals surface area contributed by atoms with Crippen molar-refractivity contribution >= 4 is 45.6 Å². The molecule has 4 aliphatic rings. The van der Waals surface area contributed by atoms with E-state index in [-0.39, 0.29) is 29.7 Å². The second kappa shape index (κ2) is 13.7. The molecule has 0 radical (unpaired) electrons. The van der Waals surface area contributed by atoms with Crippen LogP contribution in [0, 0.1) is 24.4 Å². The van der Waals surface area contributed by atoms with Crippen LogP contribution >= 0.6 is 0 Å². The van der Waals surface area contributed by atoms with E-state index in [2.05, 4.69) is 27.3 Å². The molecule has 7 heterocycles. The third-order valence-corrected chi connectivity index (χ3v) is 12.5. The van der Waals surface area contributed by atoms with Gasteiger partial charge in [-0.25, -0.2) is 27.8 Å². The van der Waals surface area contributed by atoms with Crippen LogP contribution < -0.4 is 15.1 Å². The number of benzene rings is 2. The average molecular weight is 793 g/mol. The number of amides is 1. The predicted molar refractivity (Wildman–Crippen MR) is 213 cm³/mol. The molecular formula is C41H43F3N12O2. The number of nitrogens with one attached hydrogen (secondary N) is 1. The number of imidazole rings is 1. The Morgan fingerprint density at radius 2 is 1.78 bits per heavy atom. The van der Waals surface area contributed by atoms with Gasteiger partial charge >= 0.3 is 0 Å². The van der Waals surface area contributed by atoms with Crippen LogP contribution in [0.1, 0.15) is 25.1 Å². The van der Waals surface area contributed by atoms with Crippen LogP contribution in [0.4, 0.5) is 30.8 Å². The number of ether oxygens (including phenoxy) is 1. The number of fused-ring (bicyclic) bond motifs is 6. The van der Waals surface area contributed by atoms with E-state index < -0.39 is 29.6 Å². The van der Waals surface area contributed by atoms with Crippen LogP contribution in [0.25, 0.3) is 39.0 Å². The first-order valence-corrected chi connectivity index (χ1v) is 19.6. The minimum Gasteiger partial charge on any atom is -0.378 e. The van der Waals surface area contributed by atoms with Gasteiger partial charge in [0, 0.05) is 76.2 Å². The zero-order valence-electron chi connectivity index (χ0n) is 32.7. The lowest BCUT2D eigenvalue weighted by Gasteiger charge is -2.40. The largest absolute Gasteiger partial charge is 0.378 e. The molecule has 3 aliphatic heterocycles. The van der Waals surface area contributed by atoms with E-state index in [1.807, 2.05) is 34.6 Å². The number of methoxy groups -OCH3 is 1. The molecule has 3 atom stereocenters. The maximum atomic E-state index is 15.4. The number of carbonyl (C=O) groups is 1. The fraction of sp³-hybridized carbons (Fsp3) is 0.415. The van der Waals surface area contributed by atoms with Gasteiger partial charge in [-0.3, -0.25) is 9.69 Å². The van der Waals surface area contributed by atoms with Gasteiger partial charge in [-0.05, 0) is 63.6 Å². The fourth-order valence-corrected chi connectivity index (χ4v) is 9.10.